The number of pyridine rings is 2. The highest BCUT2D eigenvalue weighted by atomic mass is 16.1. The van der Waals surface area contributed by atoms with Crippen LogP contribution in [0.3, 0.4) is 0 Å². The van der Waals surface area contributed by atoms with Crippen LogP contribution in [0.1, 0.15) is 34.3 Å². The molecular formula is C29H30N4O. The van der Waals surface area contributed by atoms with Crippen LogP contribution in [-0.2, 0) is 6.54 Å². The van der Waals surface area contributed by atoms with E-state index in [2.05, 4.69) is 46.4 Å². The van der Waals surface area contributed by atoms with Gasteiger partial charge >= 0.3 is 0 Å². The van der Waals surface area contributed by atoms with Crippen molar-refractivity contribution in [1.29, 1.82) is 0 Å². The van der Waals surface area contributed by atoms with Gasteiger partial charge in [-0.05, 0) is 68.6 Å². The summed E-state index contributed by atoms with van der Waals surface area (Å²) in [6.45, 7) is 5.98. The van der Waals surface area contributed by atoms with Crippen LogP contribution in [0.5, 0.6) is 0 Å². The summed E-state index contributed by atoms with van der Waals surface area (Å²) in [7, 11) is 0. The smallest absolute Gasteiger partial charge is 0.252 e. The third kappa shape index (κ3) is 5.15. The van der Waals surface area contributed by atoms with Crippen molar-refractivity contribution < 1.29 is 4.79 Å². The minimum absolute atomic E-state index is 0.0435. The number of piperidine rings is 1. The van der Waals surface area contributed by atoms with Gasteiger partial charge in [0.15, 0.2) is 0 Å². The van der Waals surface area contributed by atoms with E-state index in [9.17, 15) is 4.79 Å². The molecule has 0 spiro atoms. The predicted octanol–water partition coefficient (Wildman–Crippen LogP) is 5.25. The van der Waals surface area contributed by atoms with Crippen molar-refractivity contribution in [3.8, 4) is 11.4 Å². The highest BCUT2D eigenvalue weighted by Crippen LogP contribution is 2.24. The molecule has 0 unspecified atom stereocenters. The molecule has 1 fully saturated rings. The summed E-state index contributed by atoms with van der Waals surface area (Å²) in [6, 6.07) is 24.2. The van der Waals surface area contributed by atoms with Gasteiger partial charge in [0.2, 0.25) is 0 Å². The molecule has 5 nitrogen and oxygen atoms in total. The van der Waals surface area contributed by atoms with Crippen molar-refractivity contribution in [2.75, 3.05) is 19.6 Å². The maximum absolute atomic E-state index is 13.3. The Hall–Kier alpha value is -3.57. The molecular weight excluding hydrogens is 420 g/mol. The average molecular weight is 451 g/mol. The summed E-state index contributed by atoms with van der Waals surface area (Å²) in [5.41, 5.74) is 5.63. The summed E-state index contributed by atoms with van der Waals surface area (Å²) in [5.74, 6) is 0.457. The fourth-order valence-corrected chi connectivity index (χ4v) is 4.76. The lowest BCUT2D eigenvalue weighted by Crippen LogP contribution is -2.38. The number of aromatic nitrogens is 2. The largest absolute Gasteiger partial charge is 0.352 e. The molecule has 4 aromatic rings. The Morgan fingerprint density at radius 3 is 2.59 bits per heavy atom. The van der Waals surface area contributed by atoms with Crippen LogP contribution >= 0.6 is 0 Å². The topological polar surface area (TPSA) is 58.1 Å². The summed E-state index contributed by atoms with van der Waals surface area (Å²) in [4.78, 5) is 24.9. The Morgan fingerprint density at radius 2 is 1.79 bits per heavy atom. The lowest BCUT2D eigenvalue weighted by Gasteiger charge is -2.32. The number of rotatable bonds is 6. The number of carbonyl (C=O) groups is 1. The molecule has 0 atom stereocenters. The van der Waals surface area contributed by atoms with E-state index >= 15 is 0 Å². The minimum atomic E-state index is -0.0435. The Labute approximate surface area is 200 Å². The van der Waals surface area contributed by atoms with Crippen molar-refractivity contribution in [1.82, 2.24) is 20.2 Å². The molecule has 172 valence electrons. The Balaban J connectivity index is 1.23. The van der Waals surface area contributed by atoms with Crippen molar-refractivity contribution >= 4 is 16.8 Å². The lowest BCUT2D eigenvalue weighted by molar-refractivity contribution is 0.0937. The van der Waals surface area contributed by atoms with Gasteiger partial charge in [0.1, 0.15) is 0 Å². The molecule has 5 rings (SSSR count). The standard InChI is InChI=1S/C29H30N4O/c1-21-7-6-8-23(17-21)20-33-15-12-22(13-16-33)19-31-29(34)25-18-28(27-11-4-5-14-30-27)32-26-10-3-2-9-24(25)26/h2-11,14,17-18,22H,12-13,15-16,19-20H2,1H3,(H,31,34). The summed E-state index contributed by atoms with van der Waals surface area (Å²) in [5, 5.41) is 4.07. The van der Waals surface area contributed by atoms with Crippen LogP contribution in [0.25, 0.3) is 22.3 Å². The van der Waals surface area contributed by atoms with E-state index in [1.165, 1.54) is 11.1 Å². The molecule has 5 heteroatoms. The quantitative estimate of drug-likeness (QED) is 0.436. The van der Waals surface area contributed by atoms with E-state index in [0.717, 1.165) is 49.1 Å². The number of nitrogens with zero attached hydrogens (tertiary/aromatic N) is 3. The van der Waals surface area contributed by atoms with E-state index < -0.39 is 0 Å². The number of aryl methyl sites for hydroxylation is 1. The first-order valence-corrected chi connectivity index (χ1v) is 12.0. The van der Waals surface area contributed by atoms with Crippen molar-refractivity contribution in [2.24, 2.45) is 5.92 Å². The van der Waals surface area contributed by atoms with Crippen molar-refractivity contribution in [3.05, 3.63) is 95.7 Å². The lowest BCUT2D eigenvalue weighted by atomic mass is 9.96. The monoisotopic (exact) mass is 450 g/mol. The number of likely N-dealkylation sites (tertiary alicyclic amines) is 1. The van der Waals surface area contributed by atoms with Crippen LogP contribution in [0.4, 0.5) is 0 Å². The third-order valence-corrected chi connectivity index (χ3v) is 6.64. The van der Waals surface area contributed by atoms with E-state index in [1.54, 1.807) is 6.20 Å². The average Bonchev–Trinajstić information content (AvgIpc) is 2.88. The second-order valence-electron chi connectivity index (χ2n) is 9.21. The number of hydrogen-bond donors (Lipinski definition) is 1. The van der Waals surface area contributed by atoms with Gasteiger partial charge in [0.25, 0.3) is 5.91 Å². The maximum Gasteiger partial charge on any atom is 0.252 e. The molecule has 1 saturated heterocycles. The van der Waals surface area contributed by atoms with E-state index in [4.69, 9.17) is 4.98 Å². The van der Waals surface area contributed by atoms with Crippen LogP contribution in [0.15, 0.2) is 79.0 Å². The highest BCUT2D eigenvalue weighted by Gasteiger charge is 2.21. The van der Waals surface area contributed by atoms with Gasteiger partial charge in [-0.25, -0.2) is 4.98 Å². The Morgan fingerprint density at radius 1 is 0.971 bits per heavy atom. The molecule has 1 N–H and O–H groups in total. The van der Waals surface area contributed by atoms with E-state index in [1.807, 2.05) is 48.5 Å². The number of benzene rings is 2. The first-order chi connectivity index (χ1) is 16.7. The molecule has 2 aromatic heterocycles. The SMILES string of the molecule is Cc1cccc(CN2CCC(CNC(=O)c3cc(-c4ccccn4)nc4ccccc34)CC2)c1. The predicted molar refractivity (Wildman–Crippen MR) is 136 cm³/mol. The van der Waals surface area contributed by atoms with Gasteiger partial charge in [-0.15, -0.1) is 0 Å². The molecule has 2 aromatic carbocycles. The maximum atomic E-state index is 13.3. The van der Waals surface area contributed by atoms with Gasteiger partial charge in [-0.2, -0.15) is 0 Å². The molecule has 3 heterocycles. The minimum Gasteiger partial charge on any atom is -0.352 e. The molecule has 1 aliphatic rings. The van der Waals surface area contributed by atoms with Crippen molar-refractivity contribution in [3.63, 3.8) is 0 Å². The summed E-state index contributed by atoms with van der Waals surface area (Å²) in [6.07, 6.45) is 3.95. The normalized spacial score (nSPS) is 14.9. The second kappa shape index (κ2) is 10.1. The van der Waals surface area contributed by atoms with Crippen LogP contribution in [0, 0.1) is 12.8 Å². The zero-order valence-corrected chi connectivity index (χ0v) is 19.6. The molecule has 0 radical (unpaired) electrons. The van der Waals surface area contributed by atoms with E-state index in [-0.39, 0.29) is 5.91 Å². The molecule has 0 saturated carbocycles. The Bertz CT molecular complexity index is 1280. The molecule has 0 bridgehead atoms. The molecule has 1 amide bonds. The first kappa shape index (κ1) is 22.2. The fourth-order valence-electron chi connectivity index (χ4n) is 4.76. The number of fused-ring (bicyclic) bond motifs is 1. The molecule has 1 aliphatic heterocycles. The zero-order valence-electron chi connectivity index (χ0n) is 19.6. The van der Waals surface area contributed by atoms with Crippen LogP contribution < -0.4 is 5.32 Å². The Kier molecular flexibility index (Phi) is 6.63. The van der Waals surface area contributed by atoms with E-state index in [0.29, 0.717) is 23.7 Å². The summed E-state index contributed by atoms with van der Waals surface area (Å²) >= 11 is 0. The van der Waals surface area contributed by atoms with Gasteiger partial charge in [-0.1, -0.05) is 54.1 Å². The summed E-state index contributed by atoms with van der Waals surface area (Å²) < 4.78 is 0. The zero-order chi connectivity index (χ0) is 23.3. The van der Waals surface area contributed by atoms with Gasteiger partial charge in [-0.3, -0.25) is 14.7 Å². The second-order valence-corrected chi connectivity index (χ2v) is 9.21. The van der Waals surface area contributed by atoms with Gasteiger partial charge in [0, 0.05) is 24.7 Å². The van der Waals surface area contributed by atoms with Gasteiger partial charge < -0.3 is 5.32 Å². The molecule has 0 aliphatic carbocycles. The van der Waals surface area contributed by atoms with Crippen LogP contribution in [0.2, 0.25) is 0 Å². The number of nitrogens with one attached hydrogen (secondary N) is 1. The number of para-hydroxylation sites is 1. The fraction of sp³-hybridized carbons (Fsp3) is 0.276. The third-order valence-electron chi connectivity index (χ3n) is 6.64. The van der Waals surface area contributed by atoms with Crippen molar-refractivity contribution in [2.45, 2.75) is 26.3 Å². The van der Waals surface area contributed by atoms with Crippen LogP contribution in [-0.4, -0.2) is 40.4 Å². The van der Waals surface area contributed by atoms with Gasteiger partial charge in [0.05, 0.1) is 22.5 Å². The first-order valence-electron chi connectivity index (χ1n) is 12.0. The molecule has 34 heavy (non-hydrogen) atoms. The highest BCUT2D eigenvalue weighted by molar-refractivity contribution is 6.07. The number of amides is 1. The number of carbonyl (C=O) groups excluding carboxylic acids is 1. The number of hydrogen-bond acceptors (Lipinski definition) is 4.